The van der Waals surface area contributed by atoms with Crippen LogP contribution in [-0.4, -0.2) is 54.0 Å². The monoisotopic (exact) mass is 437 g/mol. The third-order valence-electron chi connectivity index (χ3n) is 6.88. The molecule has 0 saturated carbocycles. The van der Waals surface area contributed by atoms with E-state index in [0.29, 0.717) is 6.42 Å². The van der Waals surface area contributed by atoms with Crippen molar-refractivity contribution in [3.63, 3.8) is 0 Å². The van der Waals surface area contributed by atoms with Gasteiger partial charge in [0, 0.05) is 12.1 Å². The molecule has 0 radical (unpaired) electrons. The van der Waals surface area contributed by atoms with E-state index in [2.05, 4.69) is 5.16 Å². The minimum Gasteiger partial charge on any atom is -0.399 e. The highest BCUT2D eigenvalue weighted by atomic mass is 19.4. The molecule has 1 spiro atoms. The highest BCUT2D eigenvalue weighted by Gasteiger charge is 2.81. The SMILES string of the molecule is CO/N=C1\[C@@H](O)[C@@]2(C)O[C@@]13CCO[C@H]1[C@@H]3[C@@H]2C(=O)N1c1ccc(C#N)c(C(F)(F)F)c1. The molecule has 4 aliphatic heterocycles. The van der Waals surface area contributed by atoms with Crippen LogP contribution in [0.25, 0.3) is 0 Å². The minimum absolute atomic E-state index is 0.0319. The number of carbonyl (C=O) groups is 1. The Morgan fingerprint density at radius 1 is 1.42 bits per heavy atom. The van der Waals surface area contributed by atoms with Gasteiger partial charge in [0.15, 0.2) is 0 Å². The summed E-state index contributed by atoms with van der Waals surface area (Å²) in [5, 5.41) is 23.9. The zero-order valence-corrected chi connectivity index (χ0v) is 16.5. The summed E-state index contributed by atoms with van der Waals surface area (Å²) < 4.78 is 52.6. The van der Waals surface area contributed by atoms with Gasteiger partial charge in [-0.15, -0.1) is 0 Å². The Kier molecular flexibility index (Phi) is 4.04. The average molecular weight is 437 g/mol. The highest BCUT2D eigenvalue weighted by molar-refractivity contribution is 6.08. The van der Waals surface area contributed by atoms with Gasteiger partial charge in [-0.25, -0.2) is 0 Å². The molecule has 2 bridgehead atoms. The molecule has 0 aromatic heterocycles. The van der Waals surface area contributed by atoms with Crippen LogP contribution in [0.2, 0.25) is 0 Å². The lowest BCUT2D eigenvalue weighted by atomic mass is 9.64. The molecule has 1 N–H and O–H groups in total. The lowest BCUT2D eigenvalue weighted by Crippen LogP contribution is -2.59. The summed E-state index contributed by atoms with van der Waals surface area (Å²) >= 11 is 0. The van der Waals surface area contributed by atoms with E-state index in [1.165, 1.54) is 24.1 Å². The fourth-order valence-corrected chi connectivity index (χ4v) is 5.70. The number of fused-ring (bicyclic) bond motifs is 2. The van der Waals surface area contributed by atoms with Crippen molar-refractivity contribution < 1.29 is 37.4 Å². The number of nitrogens with zero attached hydrogens (tertiary/aromatic N) is 3. The number of rotatable bonds is 2. The molecular formula is C20H18F3N3O5. The summed E-state index contributed by atoms with van der Waals surface area (Å²) in [4.78, 5) is 19.6. The first-order valence-electron chi connectivity index (χ1n) is 9.66. The van der Waals surface area contributed by atoms with Gasteiger partial charge in [0.05, 0.1) is 35.6 Å². The first-order chi connectivity index (χ1) is 14.6. The number of ether oxygens (including phenoxy) is 2. The Bertz CT molecular complexity index is 1050. The number of carbonyl (C=O) groups excluding carboxylic acids is 1. The zero-order chi connectivity index (χ0) is 22.3. The van der Waals surface area contributed by atoms with Gasteiger partial charge < -0.3 is 19.4 Å². The molecule has 6 atom stereocenters. The molecule has 11 heteroatoms. The number of nitriles is 1. The number of aliphatic hydroxyl groups is 1. The fourth-order valence-electron chi connectivity index (χ4n) is 5.70. The van der Waals surface area contributed by atoms with Gasteiger partial charge in [-0.2, -0.15) is 18.4 Å². The molecule has 4 heterocycles. The van der Waals surface area contributed by atoms with Crippen LogP contribution in [0.4, 0.5) is 18.9 Å². The highest BCUT2D eigenvalue weighted by Crippen LogP contribution is 2.64. The molecular weight excluding hydrogens is 419 g/mol. The maximum atomic E-state index is 13.5. The molecule has 4 aliphatic rings. The number of aliphatic hydroxyl groups excluding tert-OH is 1. The lowest BCUT2D eigenvalue weighted by Gasteiger charge is -2.42. The number of oxime groups is 1. The molecule has 1 aromatic carbocycles. The van der Waals surface area contributed by atoms with E-state index < -0.39 is 58.6 Å². The lowest BCUT2D eigenvalue weighted by molar-refractivity contribution is -0.140. The van der Waals surface area contributed by atoms with Crippen molar-refractivity contribution >= 4 is 17.3 Å². The maximum Gasteiger partial charge on any atom is 0.417 e. The van der Waals surface area contributed by atoms with Gasteiger partial charge in [-0.05, 0) is 25.1 Å². The average Bonchev–Trinajstić information content (AvgIpc) is 3.26. The van der Waals surface area contributed by atoms with Gasteiger partial charge in [0.1, 0.15) is 36.4 Å². The van der Waals surface area contributed by atoms with Crippen molar-refractivity contribution in [1.29, 1.82) is 5.26 Å². The molecule has 0 unspecified atom stereocenters. The summed E-state index contributed by atoms with van der Waals surface area (Å²) in [7, 11) is 1.33. The number of halogens is 3. The van der Waals surface area contributed by atoms with E-state index in [0.717, 1.165) is 12.1 Å². The van der Waals surface area contributed by atoms with Crippen molar-refractivity contribution in [3.05, 3.63) is 29.3 Å². The largest absolute Gasteiger partial charge is 0.417 e. The molecule has 0 aliphatic carbocycles. The summed E-state index contributed by atoms with van der Waals surface area (Å²) in [6.07, 6.45) is -6.56. The third kappa shape index (κ3) is 2.35. The zero-order valence-electron chi connectivity index (χ0n) is 16.5. The second-order valence-corrected chi connectivity index (χ2v) is 8.30. The number of amides is 1. The first kappa shape index (κ1) is 20.2. The van der Waals surface area contributed by atoms with E-state index in [-0.39, 0.29) is 18.0 Å². The quantitative estimate of drug-likeness (QED) is 0.708. The van der Waals surface area contributed by atoms with E-state index in [1.807, 2.05) is 0 Å². The van der Waals surface area contributed by atoms with Crippen LogP contribution in [0.1, 0.15) is 24.5 Å². The molecule has 5 rings (SSSR count). The van der Waals surface area contributed by atoms with E-state index in [1.54, 1.807) is 6.92 Å². The van der Waals surface area contributed by atoms with Gasteiger partial charge >= 0.3 is 6.18 Å². The van der Waals surface area contributed by atoms with E-state index in [4.69, 9.17) is 19.6 Å². The Hall–Kier alpha value is -2.68. The number of hydrogen-bond donors (Lipinski definition) is 1. The first-order valence-corrected chi connectivity index (χ1v) is 9.66. The summed E-state index contributed by atoms with van der Waals surface area (Å²) in [6.45, 7) is 1.74. The minimum atomic E-state index is -4.77. The van der Waals surface area contributed by atoms with Crippen LogP contribution >= 0.6 is 0 Å². The third-order valence-corrected chi connectivity index (χ3v) is 6.88. The molecule has 31 heavy (non-hydrogen) atoms. The Morgan fingerprint density at radius 3 is 2.81 bits per heavy atom. The predicted molar refractivity (Wildman–Crippen MR) is 97.7 cm³/mol. The van der Waals surface area contributed by atoms with Crippen LogP contribution in [0, 0.1) is 23.2 Å². The van der Waals surface area contributed by atoms with Crippen LogP contribution in [-0.2, 0) is 25.3 Å². The maximum absolute atomic E-state index is 13.5. The van der Waals surface area contributed by atoms with Crippen molar-refractivity contribution in [2.24, 2.45) is 17.0 Å². The van der Waals surface area contributed by atoms with Crippen LogP contribution < -0.4 is 4.90 Å². The number of alkyl halides is 3. The molecule has 1 amide bonds. The molecule has 1 aromatic rings. The van der Waals surface area contributed by atoms with Crippen LogP contribution in [0.15, 0.2) is 23.4 Å². The Balaban J connectivity index is 1.64. The van der Waals surface area contributed by atoms with Crippen LogP contribution in [0.5, 0.6) is 0 Å². The standard InChI is InChI=1S/C20H18F3N3O5/c1-18-12-13-17(30-6-5-19(13,31-18)14(15(18)27)25-29-2)26(16(12)28)10-4-3-9(8-24)11(7-10)20(21,22)23/h3-4,7,12-13,15,17,27H,5-6H2,1-2H3/b25-14+/t12-,13+,15-,17+,18+,19-/m1/s1. The van der Waals surface area contributed by atoms with Gasteiger partial charge in [-0.3, -0.25) is 9.69 Å². The number of hydrogen-bond acceptors (Lipinski definition) is 7. The number of anilines is 1. The Morgan fingerprint density at radius 2 is 2.16 bits per heavy atom. The Labute approximate surface area is 174 Å². The summed E-state index contributed by atoms with van der Waals surface area (Å²) in [5.41, 5.74) is -3.87. The number of benzene rings is 1. The van der Waals surface area contributed by atoms with Crippen molar-refractivity contribution in [1.82, 2.24) is 0 Å². The fraction of sp³-hybridized carbons (Fsp3) is 0.550. The molecule has 164 valence electrons. The predicted octanol–water partition coefficient (Wildman–Crippen LogP) is 1.81. The summed E-state index contributed by atoms with van der Waals surface area (Å²) in [6, 6.07) is 4.65. The molecule has 8 nitrogen and oxygen atoms in total. The van der Waals surface area contributed by atoms with Crippen molar-refractivity contribution in [2.45, 2.75) is 43.1 Å². The van der Waals surface area contributed by atoms with Crippen molar-refractivity contribution in [3.8, 4) is 6.07 Å². The smallest absolute Gasteiger partial charge is 0.399 e. The summed E-state index contributed by atoms with van der Waals surface area (Å²) in [5.74, 6) is -1.93. The second-order valence-electron chi connectivity index (χ2n) is 8.30. The molecule has 4 saturated heterocycles. The normalized spacial score (nSPS) is 39.7. The van der Waals surface area contributed by atoms with Gasteiger partial charge in [-0.1, -0.05) is 5.16 Å². The van der Waals surface area contributed by atoms with Gasteiger partial charge in [0.25, 0.3) is 0 Å². The van der Waals surface area contributed by atoms with E-state index >= 15 is 0 Å². The molecule has 4 fully saturated rings. The van der Waals surface area contributed by atoms with Crippen LogP contribution in [0.3, 0.4) is 0 Å². The second kappa shape index (κ2) is 6.18. The topological polar surface area (TPSA) is 104 Å². The van der Waals surface area contributed by atoms with Crippen molar-refractivity contribution in [2.75, 3.05) is 18.6 Å². The van der Waals surface area contributed by atoms with E-state index in [9.17, 15) is 23.1 Å². The van der Waals surface area contributed by atoms with Gasteiger partial charge in [0.2, 0.25) is 5.91 Å².